The molecule has 2 atom stereocenters. The molecule has 1 fully saturated rings. The number of benzene rings is 1. The molecule has 112 valence electrons. The number of rotatable bonds is 7. The van der Waals surface area contributed by atoms with Gasteiger partial charge in [-0.2, -0.15) is 0 Å². The van der Waals surface area contributed by atoms with Gasteiger partial charge in [-0.3, -0.25) is 0 Å². The van der Waals surface area contributed by atoms with Crippen molar-refractivity contribution >= 4 is 11.8 Å². The normalized spacial score (nSPS) is 23.4. The first-order valence-corrected chi connectivity index (χ1v) is 9.27. The third kappa shape index (κ3) is 5.49. The summed E-state index contributed by atoms with van der Waals surface area (Å²) in [6.45, 7) is 4.57. The lowest BCUT2D eigenvalue weighted by molar-refractivity contribution is 0.295. The van der Waals surface area contributed by atoms with Gasteiger partial charge in [-0.05, 0) is 55.7 Å². The fraction of sp³-hybridized carbons (Fsp3) is 0.667. The van der Waals surface area contributed by atoms with Crippen molar-refractivity contribution in [3.63, 3.8) is 0 Å². The molecule has 1 aromatic carbocycles. The molecular formula is C18H29NS. The van der Waals surface area contributed by atoms with Gasteiger partial charge < -0.3 is 5.32 Å². The van der Waals surface area contributed by atoms with Crippen LogP contribution in [0.25, 0.3) is 0 Å². The van der Waals surface area contributed by atoms with Gasteiger partial charge in [0.15, 0.2) is 0 Å². The average molecular weight is 292 g/mol. The average Bonchev–Trinajstić information content (AvgIpc) is 2.71. The highest BCUT2D eigenvalue weighted by Gasteiger charge is 2.22. The van der Waals surface area contributed by atoms with Crippen LogP contribution in [0.5, 0.6) is 0 Å². The summed E-state index contributed by atoms with van der Waals surface area (Å²) < 4.78 is 0. The van der Waals surface area contributed by atoms with E-state index in [1.807, 2.05) is 11.8 Å². The largest absolute Gasteiger partial charge is 0.317 e. The zero-order valence-electron chi connectivity index (χ0n) is 12.8. The number of thioether (sulfide) groups is 1. The number of nitrogens with one attached hydrogen (secondary N) is 1. The highest BCUT2D eigenvalue weighted by Crippen LogP contribution is 2.32. The molecule has 1 N–H and O–H groups in total. The van der Waals surface area contributed by atoms with E-state index in [0.29, 0.717) is 0 Å². The molecule has 0 saturated heterocycles. The van der Waals surface area contributed by atoms with Gasteiger partial charge >= 0.3 is 0 Å². The second kappa shape index (κ2) is 9.46. The maximum atomic E-state index is 3.58. The topological polar surface area (TPSA) is 12.0 Å². The van der Waals surface area contributed by atoms with Crippen LogP contribution in [0.3, 0.4) is 0 Å². The quantitative estimate of drug-likeness (QED) is 0.562. The van der Waals surface area contributed by atoms with E-state index in [-0.39, 0.29) is 0 Å². The Balaban J connectivity index is 1.78. The maximum Gasteiger partial charge on any atom is 0.00719 e. The first-order valence-electron chi connectivity index (χ1n) is 8.28. The minimum Gasteiger partial charge on any atom is -0.317 e. The van der Waals surface area contributed by atoms with Crippen molar-refractivity contribution in [2.45, 2.75) is 50.3 Å². The Hall–Kier alpha value is -0.470. The van der Waals surface area contributed by atoms with Gasteiger partial charge in [0.2, 0.25) is 0 Å². The molecule has 0 radical (unpaired) electrons. The molecule has 0 spiro atoms. The van der Waals surface area contributed by atoms with Gasteiger partial charge in [-0.25, -0.2) is 0 Å². The summed E-state index contributed by atoms with van der Waals surface area (Å²) >= 11 is 2.03. The SMILES string of the molecule is CCNCC1CCCCCC1CCSc1ccccc1. The van der Waals surface area contributed by atoms with Crippen LogP contribution in [-0.4, -0.2) is 18.8 Å². The van der Waals surface area contributed by atoms with E-state index in [1.165, 1.54) is 55.7 Å². The minimum atomic E-state index is 0.911. The van der Waals surface area contributed by atoms with Crippen molar-refractivity contribution in [3.05, 3.63) is 30.3 Å². The molecule has 1 aliphatic carbocycles. The van der Waals surface area contributed by atoms with E-state index in [1.54, 1.807) is 0 Å². The Kier molecular flexibility index (Phi) is 7.53. The summed E-state index contributed by atoms with van der Waals surface area (Å²) in [5.41, 5.74) is 0. The first kappa shape index (κ1) is 15.9. The zero-order chi connectivity index (χ0) is 14.0. The van der Waals surface area contributed by atoms with Crippen molar-refractivity contribution in [1.29, 1.82) is 0 Å². The summed E-state index contributed by atoms with van der Waals surface area (Å²) in [7, 11) is 0. The van der Waals surface area contributed by atoms with Crippen LogP contribution in [0.4, 0.5) is 0 Å². The molecule has 1 aromatic rings. The van der Waals surface area contributed by atoms with Gasteiger partial charge in [0.1, 0.15) is 0 Å². The Morgan fingerprint density at radius 2 is 1.80 bits per heavy atom. The van der Waals surface area contributed by atoms with Crippen LogP contribution in [0.2, 0.25) is 0 Å². The number of hydrogen-bond donors (Lipinski definition) is 1. The van der Waals surface area contributed by atoms with Crippen LogP contribution in [0.1, 0.15) is 45.4 Å². The van der Waals surface area contributed by atoms with Crippen molar-refractivity contribution in [2.75, 3.05) is 18.8 Å². The molecule has 2 heteroatoms. The molecule has 0 aromatic heterocycles. The van der Waals surface area contributed by atoms with E-state index < -0.39 is 0 Å². The van der Waals surface area contributed by atoms with Crippen molar-refractivity contribution in [2.24, 2.45) is 11.8 Å². The van der Waals surface area contributed by atoms with Crippen LogP contribution in [0, 0.1) is 11.8 Å². The first-order chi connectivity index (χ1) is 9.90. The van der Waals surface area contributed by atoms with Crippen LogP contribution in [0.15, 0.2) is 35.2 Å². The smallest absolute Gasteiger partial charge is 0.00719 e. The van der Waals surface area contributed by atoms with Crippen LogP contribution < -0.4 is 5.32 Å². The lowest BCUT2D eigenvalue weighted by Gasteiger charge is -2.25. The fourth-order valence-corrected chi connectivity index (χ4v) is 4.29. The Labute approximate surface area is 128 Å². The minimum absolute atomic E-state index is 0.911. The molecule has 1 saturated carbocycles. The lowest BCUT2D eigenvalue weighted by atomic mass is 9.86. The molecule has 0 aliphatic heterocycles. The molecule has 0 bridgehead atoms. The van der Waals surface area contributed by atoms with Crippen molar-refractivity contribution in [1.82, 2.24) is 5.32 Å². The predicted molar refractivity (Wildman–Crippen MR) is 90.4 cm³/mol. The van der Waals surface area contributed by atoms with E-state index in [4.69, 9.17) is 0 Å². The molecule has 2 unspecified atom stereocenters. The predicted octanol–water partition coefficient (Wildman–Crippen LogP) is 4.97. The second-order valence-corrected chi connectivity index (χ2v) is 7.08. The van der Waals surface area contributed by atoms with E-state index in [9.17, 15) is 0 Å². The van der Waals surface area contributed by atoms with Crippen LogP contribution in [-0.2, 0) is 0 Å². The van der Waals surface area contributed by atoms with E-state index in [2.05, 4.69) is 42.6 Å². The number of hydrogen-bond acceptors (Lipinski definition) is 2. The molecule has 1 aliphatic rings. The Morgan fingerprint density at radius 3 is 2.55 bits per heavy atom. The van der Waals surface area contributed by atoms with Gasteiger partial charge in [0.05, 0.1) is 0 Å². The van der Waals surface area contributed by atoms with Gasteiger partial charge in [-0.1, -0.05) is 50.8 Å². The molecule has 2 rings (SSSR count). The van der Waals surface area contributed by atoms with Crippen molar-refractivity contribution in [3.8, 4) is 0 Å². The van der Waals surface area contributed by atoms with E-state index in [0.717, 1.165) is 18.4 Å². The fourth-order valence-electron chi connectivity index (χ4n) is 3.28. The van der Waals surface area contributed by atoms with Gasteiger partial charge in [-0.15, -0.1) is 11.8 Å². The van der Waals surface area contributed by atoms with E-state index >= 15 is 0 Å². The summed E-state index contributed by atoms with van der Waals surface area (Å²) in [5.74, 6) is 3.12. The summed E-state index contributed by atoms with van der Waals surface area (Å²) in [6.07, 6.45) is 8.61. The summed E-state index contributed by atoms with van der Waals surface area (Å²) in [5, 5.41) is 3.58. The standard InChI is InChI=1S/C18H29NS/c1-2-19-15-17-10-6-3-5-9-16(17)13-14-20-18-11-7-4-8-12-18/h4,7-8,11-12,16-17,19H,2-3,5-6,9-10,13-15H2,1H3. The van der Waals surface area contributed by atoms with Gasteiger partial charge in [0, 0.05) is 4.90 Å². The molecule has 1 nitrogen and oxygen atoms in total. The molecule has 20 heavy (non-hydrogen) atoms. The molecule has 0 heterocycles. The lowest BCUT2D eigenvalue weighted by Crippen LogP contribution is -2.28. The monoisotopic (exact) mass is 291 g/mol. The Bertz CT molecular complexity index is 352. The molecular weight excluding hydrogens is 262 g/mol. The highest BCUT2D eigenvalue weighted by molar-refractivity contribution is 7.99. The van der Waals surface area contributed by atoms with Crippen LogP contribution >= 0.6 is 11.8 Å². The summed E-state index contributed by atoms with van der Waals surface area (Å²) in [6, 6.07) is 10.8. The van der Waals surface area contributed by atoms with Crippen molar-refractivity contribution < 1.29 is 0 Å². The molecule has 0 amide bonds. The third-order valence-electron chi connectivity index (χ3n) is 4.47. The highest BCUT2D eigenvalue weighted by atomic mass is 32.2. The zero-order valence-corrected chi connectivity index (χ0v) is 13.6. The second-order valence-electron chi connectivity index (χ2n) is 5.92. The van der Waals surface area contributed by atoms with Gasteiger partial charge in [0.25, 0.3) is 0 Å². The summed E-state index contributed by atoms with van der Waals surface area (Å²) in [4.78, 5) is 1.42. The third-order valence-corrected chi connectivity index (χ3v) is 5.52. The Morgan fingerprint density at radius 1 is 1.05 bits per heavy atom. The maximum absolute atomic E-state index is 3.58.